The van der Waals surface area contributed by atoms with Crippen LogP contribution in [0.3, 0.4) is 0 Å². The van der Waals surface area contributed by atoms with Gasteiger partial charge in [0.1, 0.15) is 0 Å². The van der Waals surface area contributed by atoms with E-state index in [1.807, 2.05) is 0 Å². The summed E-state index contributed by atoms with van der Waals surface area (Å²) in [6.45, 7) is 10.1. The zero-order chi connectivity index (χ0) is 12.3. The molecule has 0 radical (unpaired) electrons. The lowest BCUT2D eigenvalue weighted by molar-refractivity contribution is 0.416. The summed E-state index contributed by atoms with van der Waals surface area (Å²) < 4.78 is 0. The van der Waals surface area contributed by atoms with Crippen LogP contribution in [0, 0.1) is 0 Å². The molecule has 0 bridgehead atoms. The second-order valence-electron chi connectivity index (χ2n) is 5.61. The van der Waals surface area contributed by atoms with Gasteiger partial charge in [-0.2, -0.15) is 0 Å². The van der Waals surface area contributed by atoms with Gasteiger partial charge in [-0.3, -0.25) is 0 Å². The van der Waals surface area contributed by atoms with Gasteiger partial charge in [0, 0.05) is 24.3 Å². The normalized spacial score (nSPS) is 20.1. The third-order valence-corrected chi connectivity index (χ3v) is 3.50. The van der Waals surface area contributed by atoms with Crippen LogP contribution in [-0.4, -0.2) is 25.2 Å². The smallest absolute Gasteiger partial charge is 0.0367 e. The highest BCUT2D eigenvalue weighted by molar-refractivity contribution is 5.48. The molecule has 1 aromatic rings. The zero-order valence-corrected chi connectivity index (χ0v) is 11.3. The summed E-state index contributed by atoms with van der Waals surface area (Å²) in [6, 6.07) is 9.03. The molecule has 94 valence electrons. The fourth-order valence-corrected chi connectivity index (χ4v) is 2.47. The predicted molar refractivity (Wildman–Crippen MR) is 74.7 cm³/mol. The van der Waals surface area contributed by atoms with Gasteiger partial charge >= 0.3 is 0 Å². The van der Waals surface area contributed by atoms with Crippen molar-refractivity contribution >= 4 is 5.69 Å². The summed E-state index contributed by atoms with van der Waals surface area (Å²) in [6.07, 6.45) is 2.34. The van der Waals surface area contributed by atoms with E-state index in [-0.39, 0.29) is 5.54 Å². The van der Waals surface area contributed by atoms with Crippen molar-refractivity contribution in [1.82, 2.24) is 5.32 Å². The highest BCUT2D eigenvalue weighted by atomic mass is 15.2. The Labute approximate surface area is 105 Å². The third-order valence-electron chi connectivity index (χ3n) is 3.50. The molecule has 2 nitrogen and oxygen atoms in total. The second kappa shape index (κ2) is 5.09. The Kier molecular flexibility index (Phi) is 3.72. The van der Waals surface area contributed by atoms with Crippen molar-refractivity contribution in [3.8, 4) is 0 Å². The predicted octanol–water partition coefficient (Wildman–Crippen LogP) is 2.83. The van der Waals surface area contributed by atoms with Crippen LogP contribution in [0.25, 0.3) is 0 Å². The molecular weight excluding hydrogens is 208 g/mol. The Morgan fingerprint density at radius 3 is 2.59 bits per heavy atom. The standard InChI is InChI=1S/C15H24N2/c1-4-13-6-8-14(9-7-13)17-11-5-10-16-15(2,3)12-17/h6-9,16H,4-5,10-12H2,1-3H3. The van der Waals surface area contributed by atoms with Gasteiger partial charge < -0.3 is 10.2 Å². The third kappa shape index (κ3) is 3.22. The van der Waals surface area contributed by atoms with Crippen LogP contribution in [0.15, 0.2) is 24.3 Å². The highest BCUT2D eigenvalue weighted by Gasteiger charge is 2.23. The largest absolute Gasteiger partial charge is 0.370 e. The molecule has 1 saturated heterocycles. The molecule has 2 heteroatoms. The van der Waals surface area contributed by atoms with Gasteiger partial charge in [-0.05, 0) is 50.9 Å². The Morgan fingerprint density at radius 1 is 1.24 bits per heavy atom. The molecule has 0 aromatic heterocycles. The van der Waals surface area contributed by atoms with Crippen LogP contribution in [-0.2, 0) is 6.42 Å². The summed E-state index contributed by atoms with van der Waals surface area (Å²) >= 11 is 0. The first-order valence-electron chi connectivity index (χ1n) is 6.70. The first-order valence-corrected chi connectivity index (χ1v) is 6.70. The van der Waals surface area contributed by atoms with Crippen molar-refractivity contribution in [1.29, 1.82) is 0 Å². The minimum Gasteiger partial charge on any atom is -0.370 e. The highest BCUT2D eigenvalue weighted by Crippen LogP contribution is 2.20. The molecule has 1 aromatic carbocycles. The summed E-state index contributed by atoms with van der Waals surface area (Å²) in [5.74, 6) is 0. The molecule has 1 heterocycles. The van der Waals surface area contributed by atoms with Crippen LogP contribution >= 0.6 is 0 Å². The molecule has 0 atom stereocenters. The summed E-state index contributed by atoms with van der Waals surface area (Å²) in [4.78, 5) is 2.50. The maximum absolute atomic E-state index is 3.60. The monoisotopic (exact) mass is 232 g/mol. The van der Waals surface area contributed by atoms with E-state index in [2.05, 4.69) is 55.3 Å². The van der Waals surface area contributed by atoms with Gasteiger partial charge in [0.15, 0.2) is 0 Å². The number of nitrogens with zero attached hydrogens (tertiary/aromatic N) is 1. The van der Waals surface area contributed by atoms with Gasteiger partial charge in [0.2, 0.25) is 0 Å². The van der Waals surface area contributed by atoms with E-state index in [1.165, 1.54) is 17.7 Å². The molecule has 1 N–H and O–H groups in total. The number of benzene rings is 1. The van der Waals surface area contributed by atoms with E-state index >= 15 is 0 Å². The van der Waals surface area contributed by atoms with E-state index in [1.54, 1.807) is 0 Å². The molecule has 0 spiro atoms. The van der Waals surface area contributed by atoms with E-state index in [0.29, 0.717) is 0 Å². The molecule has 0 unspecified atom stereocenters. The average molecular weight is 232 g/mol. The van der Waals surface area contributed by atoms with Gasteiger partial charge in [0.05, 0.1) is 0 Å². The Bertz CT molecular complexity index is 354. The second-order valence-corrected chi connectivity index (χ2v) is 5.61. The molecule has 2 rings (SSSR count). The first-order chi connectivity index (χ1) is 8.11. The number of hydrogen-bond acceptors (Lipinski definition) is 2. The molecule has 17 heavy (non-hydrogen) atoms. The number of anilines is 1. The Balaban J connectivity index is 2.14. The van der Waals surface area contributed by atoms with Crippen LogP contribution in [0.1, 0.15) is 32.8 Å². The Morgan fingerprint density at radius 2 is 1.94 bits per heavy atom. The summed E-state index contributed by atoms with van der Waals surface area (Å²) in [5.41, 5.74) is 2.99. The topological polar surface area (TPSA) is 15.3 Å². The van der Waals surface area contributed by atoms with Crippen molar-refractivity contribution in [3.63, 3.8) is 0 Å². The number of nitrogens with one attached hydrogen (secondary N) is 1. The molecule has 0 aliphatic carbocycles. The van der Waals surface area contributed by atoms with Crippen LogP contribution in [0.5, 0.6) is 0 Å². The van der Waals surface area contributed by atoms with Crippen LogP contribution in [0.2, 0.25) is 0 Å². The fraction of sp³-hybridized carbons (Fsp3) is 0.600. The Hall–Kier alpha value is -1.02. The lowest BCUT2D eigenvalue weighted by atomic mass is 10.0. The van der Waals surface area contributed by atoms with E-state index in [4.69, 9.17) is 0 Å². The molecule has 0 amide bonds. The lowest BCUT2D eigenvalue weighted by Gasteiger charge is -2.31. The van der Waals surface area contributed by atoms with Gasteiger partial charge in [0.25, 0.3) is 0 Å². The van der Waals surface area contributed by atoms with Crippen molar-refractivity contribution in [2.45, 2.75) is 39.2 Å². The molecule has 1 aliphatic heterocycles. The molecule has 0 saturated carbocycles. The van der Waals surface area contributed by atoms with Crippen molar-refractivity contribution in [2.24, 2.45) is 0 Å². The van der Waals surface area contributed by atoms with E-state index in [0.717, 1.165) is 26.1 Å². The van der Waals surface area contributed by atoms with Crippen LogP contribution in [0.4, 0.5) is 5.69 Å². The SMILES string of the molecule is CCc1ccc(N2CCCNC(C)(C)C2)cc1. The minimum absolute atomic E-state index is 0.208. The van der Waals surface area contributed by atoms with Crippen molar-refractivity contribution in [2.75, 3.05) is 24.5 Å². The zero-order valence-electron chi connectivity index (χ0n) is 11.3. The maximum Gasteiger partial charge on any atom is 0.0367 e. The molecular formula is C15H24N2. The van der Waals surface area contributed by atoms with Gasteiger partial charge in [-0.15, -0.1) is 0 Å². The van der Waals surface area contributed by atoms with E-state index < -0.39 is 0 Å². The first kappa shape index (κ1) is 12.4. The molecule has 1 aliphatic rings. The average Bonchev–Trinajstić information content (AvgIpc) is 2.50. The van der Waals surface area contributed by atoms with E-state index in [9.17, 15) is 0 Å². The summed E-state index contributed by atoms with van der Waals surface area (Å²) in [5, 5.41) is 3.60. The van der Waals surface area contributed by atoms with Gasteiger partial charge in [-0.1, -0.05) is 19.1 Å². The van der Waals surface area contributed by atoms with Crippen LogP contribution < -0.4 is 10.2 Å². The number of hydrogen-bond donors (Lipinski definition) is 1. The van der Waals surface area contributed by atoms with Gasteiger partial charge in [-0.25, -0.2) is 0 Å². The number of aryl methyl sites for hydroxylation is 1. The quantitative estimate of drug-likeness (QED) is 0.843. The number of rotatable bonds is 2. The van der Waals surface area contributed by atoms with Crippen molar-refractivity contribution < 1.29 is 0 Å². The fourth-order valence-electron chi connectivity index (χ4n) is 2.47. The maximum atomic E-state index is 3.60. The molecule has 1 fully saturated rings. The lowest BCUT2D eigenvalue weighted by Crippen LogP contribution is -2.46. The minimum atomic E-state index is 0.208. The van der Waals surface area contributed by atoms with Crippen molar-refractivity contribution in [3.05, 3.63) is 29.8 Å². The summed E-state index contributed by atoms with van der Waals surface area (Å²) in [7, 11) is 0.